The van der Waals surface area contributed by atoms with Crippen LogP contribution in [0.2, 0.25) is 0 Å². The molecule has 24 heavy (non-hydrogen) atoms. The lowest BCUT2D eigenvalue weighted by molar-refractivity contribution is -0.128. The van der Waals surface area contributed by atoms with E-state index in [-0.39, 0.29) is 11.3 Å². The average molecular weight is 357 g/mol. The number of rotatable bonds is 4. The van der Waals surface area contributed by atoms with Crippen molar-refractivity contribution in [3.8, 4) is 21.1 Å². The Morgan fingerprint density at radius 3 is 2.58 bits per heavy atom. The van der Waals surface area contributed by atoms with Crippen LogP contribution < -0.4 is 5.32 Å². The Kier molecular flexibility index (Phi) is 4.83. The largest absolute Gasteiger partial charge is 0.351 e. The number of benzene rings is 1. The van der Waals surface area contributed by atoms with E-state index in [4.69, 9.17) is 4.98 Å². The number of nitrogens with one attached hydrogen (secondary N) is 1. The maximum Gasteiger partial charge on any atom is 0.225 e. The van der Waals surface area contributed by atoms with Crippen molar-refractivity contribution in [2.24, 2.45) is 5.41 Å². The van der Waals surface area contributed by atoms with Gasteiger partial charge in [0.05, 0.1) is 17.1 Å². The van der Waals surface area contributed by atoms with Crippen LogP contribution in [0.5, 0.6) is 0 Å². The minimum absolute atomic E-state index is 0.0671. The SMILES string of the molecule is CC(C)(C)C(=O)NCc1ccc(-c2csc(-c3ccccc3)n2)s1. The first-order valence-corrected chi connectivity index (χ1v) is 9.51. The van der Waals surface area contributed by atoms with Crippen LogP contribution in [0, 0.1) is 5.41 Å². The van der Waals surface area contributed by atoms with Crippen molar-refractivity contribution in [2.75, 3.05) is 0 Å². The van der Waals surface area contributed by atoms with Gasteiger partial charge in [0.1, 0.15) is 5.01 Å². The molecular weight excluding hydrogens is 336 g/mol. The number of hydrogen-bond donors (Lipinski definition) is 1. The highest BCUT2D eigenvalue weighted by Gasteiger charge is 2.20. The van der Waals surface area contributed by atoms with Crippen LogP contribution in [0.3, 0.4) is 0 Å². The van der Waals surface area contributed by atoms with Crippen LogP contribution in [0.15, 0.2) is 47.8 Å². The molecule has 2 heterocycles. The molecule has 0 spiro atoms. The highest BCUT2D eigenvalue weighted by atomic mass is 32.1. The fourth-order valence-corrected chi connectivity index (χ4v) is 3.95. The average Bonchev–Trinajstić information content (AvgIpc) is 3.21. The Balaban J connectivity index is 1.70. The van der Waals surface area contributed by atoms with Gasteiger partial charge in [0.15, 0.2) is 0 Å². The smallest absolute Gasteiger partial charge is 0.225 e. The fraction of sp³-hybridized carbons (Fsp3) is 0.263. The Hall–Kier alpha value is -1.98. The van der Waals surface area contributed by atoms with E-state index in [2.05, 4.69) is 35.0 Å². The maximum absolute atomic E-state index is 12.0. The van der Waals surface area contributed by atoms with Crippen LogP contribution in [0.4, 0.5) is 0 Å². The van der Waals surface area contributed by atoms with Gasteiger partial charge in [-0.25, -0.2) is 4.98 Å². The number of nitrogens with zero attached hydrogens (tertiary/aromatic N) is 1. The minimum atomic E-state index is -0.362. The second kappa shape index (κ2) is 6.87. The number of carbonyl (C=O) groups excluding carboxylic acids is 1. The van der Waals surface area contributed by atoms with Crippen LogP contribution in [0.25, 0.3) is 21.1 Å². The Labute approximate surface area is 150 Å². The lowest BCUT2D eigenvalue weighted by Gasteiger charge is -2.17. The van der Waals surface area contributed by atoms with E-state index in [1.165, 1.54) is 0 Å². The maximum atomic E-state index is 12.0. The molecule has 0 bridgehead atoms. The summed E-state index contributed by atoms with van der Waals surface area (Å²) in [4.78, 5) is 19.0. The lowest BCUT2D eigenvalue weighted by Crippen LogP contribution is -2.34. The van der Waals surface area contributed by atoms with Crippen molar-refractivity contribution in [3.05, 3.63) is 52.7 Å². The van der Waals surface area contributed by atoms with Crippen molar-refractivity contribution >= 4 is 28.6 Å². The van der Waals surface area contributed by atoms with Crippen LogP contribution in [-0.2, 0) is 11.3 Å². The standard InChI is InChI=1S/C19H20N2OS2/c1-19(2,3)18(22)20-11-14-9-10-16(24-14)15-12-23-17(21-15)13-7-5-4-6-8-13/h4-10,12H,11H2,1-3H3,(H,20,22). The van der Waals surface area contributed by atoms with E-state index in [1.807, 2.05) is 39.0 Å². The summed E-state index contributed by atoms with van der Waals surface area (Å²) in [5, 5.41) is 6.11. The topological polar surface area (TPSA) is 42.0 Å². The zero-order valence-electron chi connectivity index (χ0n) is 14.0. The molecule has 1 N–H and O–H groups in total. The number of thiophene rings is 1. The van der Waals surface area contributed by atoms with Gasteiger partial charge in [0, 0.05) is 21.2 Å². The third-order valence-electron chi connectivity index (χ3n) is 3.54. The molecule has 0 unspecified atom stereocenters. The van der Waals surface area contributed by atoms with E-state index < -0.39 is 0 Å². The predicted octanol–water partition coefficient (Wildman–Crippen LogP) is 5.20. The minimum Gasteiger partial charge on any atom is -0.351 e. The number of hydrogen-bond acceptors (Lipinski definition) is 4. The molecule has 124 valence electrons. The second-order valence-corrected chi connectivity index (χ2v) is 8.63. The second-order valence-electron chi connectivity index (χ2n) is 6.60. The van der Waals surface area contributed by atoms with Gasteiger partial charge in [-0.1, -0.05) is 51.1 Å². The molecule has 0 radical (unpaired) electrons. The number of aromatic nitrogens is 1. The summed E-state index contributed by atoms with van der Waals surface area (Å²) >= 11 is 3.33. The summed E-state index contributed by atoms with van der Waals surface area (Å²) in [5.41, 5.74) is 1.78. The van der Waals surface area contributed by atoms with E-state index in [0.29, 0.717) is 6.54 Å². The molecule has 3 nitrogen and oxygen atoms in total. The lowest BCUT2D eigenvalue weighted by atomic mass is 9.96. The van der Waals surface area contributed by atoms with Crippen LogP contribution >= 0.6 is 22.7 Å². The van der Waals surface area contributed by atoms with E-state index >= 15 is 0 Å². The molecule has 0 saturated carbocycles. The molecule has 0 aliphatic carbocycles. The Bertz CT molecular complexity index is 828. The molecule has 0 aliphatic rings. The number of thiazole rings is 1. The molecule has 0 saturated heterocycles. The quantitative estimate of drug-likeness (QED) is 0.698. The van der Waals surface area contributed by atoms with Gasteiger partial charge in [-0.2, -0.15) is 0 Å². The highest BCUT2D eigenvalue weighted by molar-refractivity contribution is 7.16. The van der Waals surface area contributed by atoms with E-state index in [0.717, 1.165) is 26.0 Å². The van der Waals surface area contributed by atoms with Gasteiger partial charge in [0.2, 0.25) is 5.91 Å². The summed E-state index contributed by atoms with van der Waals surface area (Å²) in [6.07, 6.45) is 0. The van der Waals surface area contributed by atoms with Gasteiger partial charge in [0.25, 0.3) is 0 Å². The fourth-order valence-electron chi connectivity index (χ4n) is 2.14. The molecule has 3 rings (SSSR count). The monoisotopic (exact) mass is 356 g/mol. The van der Waals surface area contributed by atoms with Gasteiger partial charge in [-0.15, -0.1) is 22.7 Å². The van der Waals surface area contributed by atoms with E-state index in [1.54, 1.807) is 22.7 Å². The zero-order chi connectivity index (χ0) is 17.2. The first-order chi connectivity index (χ1) is 11.4. The molecular formula is C19H20N2OS2. The zero-order valence-corrected chi connectivity index (χ0v) is 15.6. The molecule has 0 atom stereocenters. The third-order valence-corrected chi connectivity index (χ3v) is 5.54. The summed E-state index contributed by atoms with van der Waals surface area (Å²) in [7, 11) is 0. The van der Waals surface area contributed by atoms with E-state index in [9.17, 15) is 4.79 Å². The van der Waals surface area contributed by atoms with Crippen LogP contribution in [0.1, 0.15) is 25.6 Å². The van der Waals surface area contributed by atoms with Gasteiger partial charge in [-0.05, 0) is 12.1 Å². The molecule has 0 fully saturated rings. The highest BCUT2D eigenvalue weighted by Crippen LogP contribution is 2.32. The first-order valence-electron chi connectivity index (χ1n) is 7.82. The summed E-state index contributed by atoms with van der Waals surface area (Å²) in [5.74, 6) is 0.0671. The Morgan fingerprint density at radius 2 is 1.88 bits per heavy atom. The van der Waals surface area contributed by atoms with Crippen molar-refractivity contribution in [1.29, 1.82) is 0 Å². The Morgan fingerprint density at radius 1 is 1.12 bits per heavy atom. The van der Waals surface area contributed by atoms with Crippen molar-refractivity contribution in [2.45, 2.75) is 27.3 Å². The van der Waals surface area contributed by atoms with Gasteiger partial charge < -0.3 is 5.32 Å². The molecule has 2 aromatic heterocycles. The van der Waals surface area contributed by atoms with Crippen LogP contribution in [-0.4, -0.2) is 10.9 Å². The third kappa shape index (κ3) is 3.91. The summed E-state index contributed by atoms with van der Waals surface area (Å²) in [6, 6.07) is 14.3. The summed E-state index contributed by atoms with van der Waals surface area (Å²) in [6.45, 7) is 6.32. The molecule has 3 aromatic rings. The van der Waals surface area contributed by atoms with Crippen molar-refractivity contribution in [1.82, 2.24) is 10.3 Å². The van der Waals surface area contributed by atoms with Crippen molar-refractivity contribution in [3.63, 3.8) is 0 Å². The predicted molar refractivity (Wildman–Crippen MR) is 102 cm³/mol. The van der Waals surface area contributed by atoms with Crippen molar-refractivity contribution < 1.29 is 4.79 Å². The number of carbonyl (C=O) groups is 1. The first kappa shape index (κ1) is 16.9. The van der Waals surface area contributed by atoms with Gasteiger partial charge in [-0.3, -0.25) is 4.79 Å². The number of amides is 1. The molecule has 5 heteroatoms. The summed E-state index contributed by atoms with van der Waals surface area (Å²) < 4.78 is 0. The normalized spacial score (nSPS) is 11.5. The van der Waals surface area contributed by atoms with Gasteiger partial charge >= 0.3 is 0 Å². The molecule has 1 amide bonds. The molecule has 0 aliphatic heterocycles. The molecule has 1 aromatic carbocycles.